The van der Waals surface area contributed by atoms with Crippen LogP contribution >= 0.6 is 0 Å². The van der Waals surface area contributed by atoms with Crippen molar-refractivity contribution in [2.45, 2.75) is 67.6 Å². The molecule has 0 aliphatic rings. The van der Waals surface area contributed by atoms with Gasteiger partial charge in [0.1, 0.15) is 34.7 Å². The molecule has 0 spiro atoms. The Hall–Kier alpha value is -4.84. The van der Waals surface area contributed by atoms with Crippen molar-refractivity contribution in [2.75, 3.05) is 0 Å². The average molecular weight is 641 g/mol. The molecule has 6 nitrogen and oxygen atoms in total. The molecule has 246 valence electrons. The van der Waals surface area contributed by atoms with Crippen LogP contribution in [0.4, 0.5) is 0 Å². The van der Waals surface area contributed by atoms with E-state index < -0.39 is 0 Å². The van der Waals surface area contributed by atoms with Crippen molar-refractivity contribution in [3.8, 4) is 34.4 Å². The monoisotopic (exact) mass is 640 g/mol. The molecule has 0 aliphatic heterocycles. The summed E-state index contributed by atoms with van der Waals surface area (Å²) in [6.07, 6.45) is 0.0806. The van der Waals surface area contributed by atoms with Gasteiger partial charge in [-0.15, -0.1) is 0 Å². The summed E-state index contributed by atoms with van der Waals surface area (Å²) in [7, 11) is 0. The summed E-state index contributed by atoms with van der Waals surface area (Å²) in [5.41, 5.74) is 4.35. The van der Waals surface area contributed by atoms with Crippen molar-refractivity contribution in [3.05, 3.63) is 84.9 Å². The van der Waals surface area contributed by atoms with Gasteiger partial charge in [0.2, 0.25) is 11.8 Å². The highest BCUT2D eigenvalue weighted by atomic mass is 16.5. The van der Waals surface area contributed by atoms with Crippen molar-refractivity contribution in [3.63, 3.8) is 0 Å². The van der Waals surface area contributed by atoms with Gasteiger partial charge in [0.15, 0.2) is 11.2 Å². The molecule has 0 atom stereocenters. The van der Waals surface area contributed by atoms with Crippen LogP contribution in [-0.2, 0) is 0 Å². The molecule has 0 amide bonds. The largest absolute Gasteiger partial charge is 0.489 e. The Labute approximate surface area is 282 Å². The van der Waals surface area contributed by atoms with Crippen molar-refractivity contribution in [1.82, 2.24) is 9.97 Å². The number of fused-ring (bicyclic) bond motifs is 4. The third-order valence-corrected chi connectivity index (χ3v) is 9.26. The maximum Gasteiger partial charge on any atom is 0.231 e. The second kappa shape index (κ2) is 12.6. The lowest BCUT2D eigenvalue weighted by molar-refractivity contribution is 0.106. The zero-order valence-electron chi connectivity index (χ0n) is 29.1. The van der Waals surface area contributed by atoms with E-state index in [4.69, 9.17) is 28.3 Å². The summed E-state index contributed by atoms with van der Waals surface area (Å²) >= 11 is 0. The normalized spacial score (nSPS) is 12.5. The number of rotatable bonds is 10. The maximum atomic E-state index is 6.71. The minimum Gasteiger partial charge on any atom is -0.489 e. The summed E-state index contributed by atoms with van der Waals surface area (Å²) < 4.78 is 26.5. The molecule has 0 radical (unpaired) electrons. The third kappa shape index (κ3) is 5.78. The fourth-order valence-corrected chi connectivity index (χ4v) is 7.08. The lowest BCUT2D eigenvalue weighted by Gasteiger charge is -2.27. The van der Waals surface area contributed by atoms with Crippen molar-refractivity contribution in [2.24, 2.45) is 23.7 Å². The molecule has 0 saturated heterocycles. The van der Waals surface area contributed by atoms with E-state index in [9.17, 15) is 0 Å². The van der Waals surface area contributed by atoms with Crippen LogP contribution in [0.15, 0.2) is 93.8 Å². The van der Waals surface area contributed by atoms with Gasteiger partial charge in [-0.05, 0) is 57.3 Å². The van der Waals surface area contributed by atoms with Crippen molar-refractivity contribution >= 4 is 43.7 Å². The summed E-state index contributed by atoms with van der Waals surface area (Å²) in [6.45, 7) is 17.6. The predicted molar refractivity (Wildman–Crippen MR) is 196 cm³/mol. The molecule has 2 heterocycles. The van der Waals surface area contributed by atoms with E-state index in [0.717, 1.165) is 44.2 Å². The summed E-state index contributed by atoms with van der Waals surface area (Å²) in [5, 5.41) is 4.25. The molecule has 0 aliphatic carbocycles. The van der Waals surface area contributed by atoms with Gasteiger partial charge in [-0.2, -0.15) is 0 Å². The highest BCUT2D eigenvalue weighted by Crippen LogP contribution is 2.42. The Morgan fingerprint density at radius 2 is 0.854 bits per heavy atom. The molecule has 0 fully saturated rings. The Balaban J connectivity index is 1.35. The zero-order chi connectivity index (χ0) is 33.7. The summed E-state index contributed by atoms with van der Waals surface area (Å²) in [6, 6.07) is 28.7. The Bertz CT molecular complexity index is 2020. The zero-order valence-corrected chi connectivity index (χ0v) is 29.1. The predicted octanol–water partition coefficient (Wildman–Crippen LogP) is 11.7. The molecule has 0 saturated carbocycles. The van der Waals surface area contributed by atoms with E-state index in [2.05, 4.69) is 91.8 Å². The van der Waals surface area contributed by atoms with Gasteiger partial charge in [-0.25, -0.2) is 9.97 Å². The molecular formula is C42H44N2O4. The molecule has 5 aromatic carbocycles. The first-order valence-electron chi connectivity index (χ1n) is 17.2. The van der Waals surface area contributed by atoms with E-state index in [0.29, 0.717) is 57.7 Å². The Morgan fingerprint density at radius 3 is 1.23 bits per heavy atom. The quantitative estimate of drug-likeness (QED) is 0.148. The molecule has 0 unspecified atom stereocenters. The van der Waals surface area contributed by atoms with Gasteiger partial charge in [0.05, 0.1) is 11.1 Å². The van der Waals surface area contributed by atoms with Crippen LogP contribution in [0.5, 0.6) is 11.5 Å². The first-order chi connectivity index (χ1) is 23.1. The van der Waals surface area contributed by atoms with Gasteiger partial charge in [-0.1, -0.05) is 116 Å². The maximum absolute atomic E-state index is 6.71. The highest BCUT2D eigenvalue weighted by Gasteiger charge is 2.26. The number of oxazole rings is 2. The Kier molecular flexibility index (Phi) is 8.36. The molecule has 0 N–H and O–H groups in total. The number of hydrogen-bond donors (Lipinski definition) is 0. The van der Waals surface area contributed by atoms with Gasteiger partial charge < -0.3 is 18.3 Å². The number of ether oxygens (including phenoxy) is 2. The van der Waals surface area contributed by atoms with E-state index >= 15 is 0 Å². The standard InChI is InChI=1S/C42H44N2O4/c1-23(2)39(24(3)4)45-33-19-17-27-13-9-11-15-29(27)37(33)41-43-31-21-36-32(22-35(31)47-41)44-42(48-36)38-30-16-12-10-14-28(30)18-20-34(38)46-40(25(5)6)26(7)8/h9-26,39-40H,1-8H3. The molecule has 48 heavy (non-hydrogen) atoms. The van der Waals surface area contributed by atoms with Crippen LogP contribution in [0, 0.1) is 23.7 Å². The van der Waals surface area contributed by atoms with Crippen molar-refractivity contribution in [1.29, 1.82) is 0 Å². The molecule has 7 rings (SSSR count). The fourth-order valence-electron chi connectivity index (χ4n) is 7.08. The van der Waals surface area contributed by atoms with E-state index in [1.54, 1.807) is 0 Å². The lowest BCUT2D eigenvalue weighted by atomic mass is 9.95. The molecule has 0 bridgehead atoms. The minimum atomic E-state index is 0.0403. The number of hydrogen-bond acceptors (Lipinski definition) is 6. The molecule has 2 aromatic heterocycles. The van der Waals surface area contributed by atoms with Crippen LogP contribution < -0.4 is 9.47 Å². The van der Waals surface area contributed by atoms with E-state index in [-0.39, 0.29) is 12.2 Å². The summed E-state index contributed by atoms with van der Waals surface area (Å²) in [5.74, 6) is 3.92. The molecule has 7 aromatic rings. The van der Waals surface area contributed by atoms with Crippen LogP contribution in [0.2, 0.25) is 0 Å². The molecule has 6 heteroatoms. The second-order valence-electron chi connectivity index (χ2n) is 14.3. The number of aromatic nitrogens is 2. The second-order valence-corrected chi connectivity index (χ2v) is 14.3. The van der Waals surface area contributed by atoms with Crippen LogP contribution in [0.25, 0.3) is 66.7 Å². The van der Waals surface area contributed by atoms with Crippen LogP contribution in [0.3, 0.4) is 0 Å². The van der Waals surface area contributed by atoms with Gasteiger partial charge in [-0.3, -0.25) is 0 Å². The summed E-state index contributed by atoms with van der Waals surface area (Å²) in [4.78, 5) is 10.0. The fraction of sp³-hybridized carbons (Fsp3) is 0.333. The topological polar surface area (TPSA) is 70.5 Å². The number of benzene rings is 5. The third-order valence-electron chi connectivity index (χ3n) is 9.26. The number of nitrogens with zero attached hydrogens (tertiary/aromatic N) is 2. The van der Waals surface area contributed by atoms with Crippen LogP contribution in [-0.4, -0.2) is 22.2 Å². The lowest BCUT2D eigenvalue weighted by Crippen LogP contribution is -2.29. The van der Waals surface area contributed by atoms with Gasteiger partial charge in [0.25, 0.3) is 0 Å². The Morgan fingerprint density at radius 1 is 0.479 bits per heavy atom. The smallest absolute Gasteiger partial charge is 0.231 e. The van der Waals surface area contributed by atoms with E-state index in [1.165, 1.54) is 0 Å². The van der Waals surface area contributed by atoms with E-state index in [1.807, 2.05) is 48.5 Å². The highest BCUT2D eigenvalue weighted by molar-refractivity contribution is 6.01. The van der Waals surface area contributed by atoms with Gasteiger partial charge >= 0.3 is 0 Å². The van der Waals surface area contributed by atoms with Crippen LogP contribution in [0.1, 0.15) is 55.4 Å². The molecular weight excluding hydrogens is 596 g/mol. The average Bonchev–Trinajstić information content (AvgIpc) is 3.66. The van der Waals surface area contributed by atoms with Gasteiger partial charge in [0, 0.05) is 12.1 Å². The minimum absolute atomic E-state index is 0.0403. The SMILES string of the molecule is CC(C)C(Oc1ccc2ccccc2c1-c1nc2cc3oc(-c4c(OC(C(C)C)C(C)C)ccc5ccccc45)nc3cc2o1)C(C)C. The first-order valence-corrected chi connectivity index (χ1v) is 17.2. The first kappa shape index (κ1) is 31.7. The van der Waals surface area contributed by atoms with Crippen molar-refractivity contribution < 1.29 is 18.3 Å².